The molecular formula is C19H29NO2. The maximum Gasteiger partial charge on any atom is 0.410 e. The van der Waals surface area contributed by atoms with Crippen LogP contribution in [0, 0.1) is 6.92 Å². The van der Waals surface area contributed by atoms with Gasteiger partial charge < -0.3 is 9.64 Å². The highest BCUT2D eigenvalue weighted by Crippen LogP contribution is 2.30. The fraction of sp³-hybridized carbons (Fsp3) is 0.526. The minimum absolute atomic E-state index is 0.200. The predicted octanol–water partition coefficient (Wildman–Crippen LogP) is 5.05. The van der Waals surface area contributed by atoms with E-state index in [1.165, 1.54) is 22.3 Å². The SMILES string of the molecule is CC.CCOC(=O)N1CCC(CC)=C(c2ccccc2C)C1. The quantitative estimate of drug-likeness (QED) is 0.782. The molecule has 1 amide bonds. The Labute approximate surface area is 135 Å². The Morgan fingerprint density at radius 3 is 2.50 bits per heavy atom. The van der Waals surface area contributed by atoms with Gasteiger partial charge in [0, 0.05) is 13.1 Å². The zero-order valence-corrected chi connectivity index (χ0v) is 14.6. The van der Waals surface area contributed by atoms with Gasteiger partial charge in [-0.25, -0.2) is 4.79 Å². The number of hydrogen-bond acceptors (Lipinski definition) is 2. The average molecular weight is 303 g/mol. The van der Waals surface area contributed by atoms with Crippen molar-refractivity contribution in [1.82, 2.24) is 4.90 Å². The molecule has 1 aliphatic rings. The molecule has 3 nitrogen and oxygen atoms in total. The average Bonchev–Trinajstić information content (AvgIpc) is 2.57. The van der Waals surface area contributed by atoms with Gasteiger partial charge in [-0.3, -0.25) is 0 Å². The Kier molecular flexibility index (Phi) is 7.72. The van der Waals surface area contributed by atoms with Crippen molar-refractivity contribution < 1.29 is 9.53 Å². The second kappa shape index (κ2) is 9.29. The number of amides is 1. The highest BCUT2D eigenvalue weighted by Gasteiger charge is 2.24. The van der Waals surface area contributed by atoms with Crippen LogP contribution in [0.25, 0.3) is 5.57 Å². The Balaban J connectivity index is 0.00000116. The molecule has 0 saturated heterocycles. The summed E-state index contributed by atoms with van der Waals surface area (Å²) in [5.41, 5.74) is 5.28. The van der Waals surface area contributed by atoms with Crippen LogP contribution < -0.4 is 0 Å². The van der Waals surface area contributed by atoms with E-state index in [0.717, 1.165) is 19.4 Å². The highest BCUT2D eigenvalue weighted by atomic mass is 16.6. The van der Waals surface area contributed by atoms with Gasteiger partial charge in [-0.05, 0) is 43.4 Å². The van der Waals surface area contributed by atoms with Gasteiger partial charge in [0.15, 0.2) is 0 Å². The van der Waals surface area contributed by atoms with E-state index in [4.69, 9.17) is 4.74 Å². The molecule has 0 aromatic heterocycles. The van der Waals surface area contributed by atoms with Gasteiger partial charge in [-0.1, -0.05) is 50.6 Å². The second-order valence-electron chi connectivity index (χ2n) is 5.12. The monoisotopic (exact) mass is 303 g/mol. The van der Waals surface area contributed by atoms with Crippen LogP contribution in [-0.4, -0.2) is 30.7 Å². The summed E-state index contributed by atoms with van der Waals surface area (Å²) in [5, 5.41) is 0. The first-order valence-corrected chi connectivity index (χ1v) is 8.36. The van der Waals surface area contributed by atoms with E-state index >= 15 is 0 Å². The van der Waals surface area contributed by atoms with Crippen LogP contribution in [-0.2, 0) is 4.74 Å². The maximum absolute atomic E-state index is 11.9. The zero-order chi connectivity index (χ0) is 16.5. The first kappa shape index (κ1) is 18.3. The lowest BCUT2D eigenvalue weighted by Gasteiger charge is -2.30. The summed E-state index contributed by atoms with van der Waals surface area (Å²) in [6.45, 7) is 12.0. The van der Waals surface area contributed by atoms with Crippen molar-refractivity contribution in [2.24, 2.45) is 0 Å². The number of carbonyl (C=O) groups excluding carboxylic acids is 1. The summed E-state index contributed by atoms with van der Waals surface area (Å²) in [6.07, 6.45) is 1.79. The molecule has 1 heterocycles. The molecule has 0 radical (unpaired) electrons. The summed E-state index contributed by atoms with van der Waals surface area (Å²) in [5.74, 6) is 0. The van der Waals surface area contributed by atoms with Crippen molar-refractivity contribution in [3.05, 3.63) is 41.0 Å². The van der Waals surface area contributed by atoms with Crippen LogP contribution in [0.2, 0.25) is 0 Å². The molecule has 0 spiro atoms. The Morgan fingerprint density at radius 2 is 1.91 bits per heavy atom. The molecule has 0 fully saturated rings. The maximum atomic E-state index is 11.9. The number of ether oxygens (including phenoxy) is 1. The predicted molar refractivity (Wildman–Crippen MR) is 93.0 cm³/mol. The molecule has 1 aromatic rings. The molecular weight excluding hydrogens is 274 g/mol. The van der Waals surface area contributed by atoms with Gasteiger partial charge in [0.05, 0.1) is 6.61 Å². The molecule has 122 valence electrons. The number of nitrogens with zero attached hydrogens (tertiary/aromatic N) is 1. The molecule has 0 unspecified atom stereocenters. The Bertz CT molecular complexity index is 520. The summed E-state index contributed by atoms with van der Waals surface area (Å²) in [7, 11) is 0. The van der Waals surface area contributed by atoms with Crippen molar-refractivity contribution in [1.29, 1.82) is 0 Å². The molecule has 0 bridgehead atoms. The lowest BCUT2D eigenvalue weighted by Crippen LogP contribution is -2.37. The molecule has 22 heavy (non-hydrogen) atoms. The highest BCUT2D eigenvalue weighted by molar-refractivity contribution is 5.78. The fourth-order valence-electron chi connectivity index (χ4n) is 2.75. The van der Waals surface area contributed by atoms with E-state index in [0.29, 0.717) is 13.2 Å². The van der Waals surface area contributed by atoms with Crippen molar-refractivity contribution in [3.8, 4) is 0 Å². The Morgan fingerprint density at radius 1 is 1.23 bits per heavy atom. The van der Waals surface area contributed by atoms with Gasteiger partial charge in [0.25, 0.3) is 0 Å². The van der Waals surface area contributed by atoms with E-state index < -0.39 is 0 Å². The van der Waals surface area contributed by atoms with Crippen LogP contribution in [0.1, 0.15) is 51.7 Å². The number of carbonyl (C=O) groups is 1. The van der Waals surface area contributed by atoms with E-state index in [9.17, 15) is 4.79 Å². The van der Waals surface area contributed by atoms with Gasteiger partial charge in [0.2, 0.25) is 0 Å². The van der Waals surface area contributed by atoms with Crippen molar-refractivity contribution in [2.75, 3.05) is 19.7 Å². The molecule has 1 aromatic carbocycles. The smallest absolute Gasteiger partial charge is 0.410 e. The molecule has 0 aliphatic carbocycles. The van der Waals surface area contributed by atoms with Crippen molar-refractivity contribution in [2.45, 2.75) is 47.5 Å². The summed E-state index contributed by atoms with van der Waals surface area (Å²) >= 11 is 0. The normalized spacial score (nSPS) is 14.3. The Hall–Kier alpha value is -1.77. The van der Waals surface area contributed by atoms with E-state index in [-0.39, 0.29) is 6.09 Å². The third kappa shape index (κ3) is 4.36. The van der Waals surface area contributed by atoms with Gasteiger partial charge in [0.1, 0.15) is 0 Å². The fourth-order valence-corrected chi connectivity index (χ4v) is 2.75. The van der Waals surface area contributed by atoms with Crippen LogP contribution >= 0.6 is 0 Å². The molecule has 2 rings (SSSR count). The zero-order valence-electron chi connectivity index (χ0n) is 14.6. The van der Waals surface area contributed by atoms with Gasteiger partial charge in [-0.15, -0.1) is 0 Å². The lowest BCUT2D eigenvalue weighted by atomic mass is 9.90. The van der Waals surface area contributed by atoms with Crippen molar-refractivity contribution in [3.63, 3.8) is 0 Å². The number of rotatable bonds is 3. The van der Waals surface area contributed by atoms with Crippen LogP contribution in [0.4, 0.5) is 4.79 Å². The third-order valence-corrected chi connectivity index (χ3v) is 3.88. The van der Waals surface area contributed by atoms with Crippen molar-refractivity contribution >= 4 is 11.7 Å². The summed E-state index contributed by atoms with van der Waals surface area (Å²) in [6, 6.07) is 8.39. The topological polar surface area (TPSA) is 29.5 Å². The van der Waals surface area contributed by atoms with E-state index in [1.54, 1.807) is 0 Å². The molecule has 0 atom stereocenters. The molecule has 0 N–H and O–H groups in total. The minimum Gasteiger partial charge on any atom is -0.450 e. The summed E-state index contributed by atoms with van der Waals surface area (Å²) in [4.78, 5) is 13.7. The minimum atomic E-state index is -0.200. The molecule has 0 saturated carbocycles. The molecule has 3 heteroatoms. The van der Waals surface area contributed by atoms with Crippen LogP contribution in [0.3, 0.4) is 0 Å². The van der Waals surface area contributed by atoms with E-state index in [1.807, 2.05) is 25.7 Å². The first-order valence-electron chi connectivity index (χ1n) is 8.36. The van der Waals surface area contributed by atoms with Crippen LogP contribution in [0.15, 0.2) is 29.8 Å². The number of benzene rings is 1. The number of hydrogen-bond donors (Lipinski definition) is 0. The van der Waals surface area contributed by atoms with Crippen LogP contribution in [0.5, 0.6) is 0 Å². The molecule has 1 aliphatic heterocycles. The number of aryl methyl sites for hydroxylation is 1. The van der Waals surface area contributed by atoms with Gasteiger partial charge in [-0.2, -0.15) is 0 Å². The second-order valence-corrected chi connectivity index (χ2v) is 5.12. The van der Waals surface area contributed by atoms with E-state index in [2.05, 4.69) is 38.1 Å². The summed E-state index contributed by atoms with van der Waals surface area (Å²) < 4.78 is 5.13. The first-order chi connectivity index (χ1) is 10.7. The van der Waals surface area contributed by atoms with Gasteiger partial charge >= 0.3 is 6.09 Å². The standard InChI is InChI=1S/C17H23NO2.C2H6/c1-4-14-10-11-18(17(19)20-5-2)12-16(14)15-9-7-6-8-13(15)3;1-2/h6-9H,4-5,10-12H2,1-3H3;1-2H3. The lowest BCUT2D eigenvalue weighted by molar-refractivity contribution is 0.111. The largest absolute Gasteiger partial charge is 0.450 e. The third-order valence-electron chi connectivity index (χ3n) is 3.88.